The summed E-state index contributed by atoms with van der Waals surface area (Å²) >= 11 is 6.42. The van der Waals surface area contributed by atoms with Crippen LogP contribution in [-0.2, 0) is 12.8 Å². The Kier molecular flexibility index (Phi) is 15.9. The number of aromatic nitrogens is 2. The van der Waals surface area contributed by atoms with Gasteiger partial charge in [0.25, 0.3) is 0 Å². The van der Waals surface area contributed by atoms with Crippen LogP contribution in [0.2, 0.25) is 5.02 Å². The lowest BCUT2D eigenvalue weighted by Gasteiger charge is -2.35. The molecule has 3 unspecified atom stereocenters. The first-order valence-corrected chi connectivity index (χ1v) is 15.2. The van der Waals surface area contributed by atoms with Crippen molar-refractivity contribution in [1.82, 2.24) is 9.97 Å². The lowest BCUT2D eigenvalue weighted by Crippen LogP contribution is -2.38. The highest BCUT2D eigenvalue weighted by Crippen LogP contribution is 2.38. The molecule has 2 rings (SSSR count). The second-order valence-corrected chi connectivity index (χ2v) is 10.8. The van der Waals surface area contributed by atoms with Crippen molar-refractivity contribution in [1.29, 1.82) is 0 Å². The van der Waals surface area contributed by atoms with Gasteiger partial charge in [-0.1, -0.05) is 97.5 Å². The van der Waals surface area contributed by atoms with Crippen molar-refractivity contribution >= 4 is 17.4 Å². The summed E-state index contributed by atoms with van der Waals surface area (Å²) in [6, 6.07) is 8.38. The molecule has 0 bridgehead atoms. The largest absolute Gasteiger partial charge is 0.463 e. The molecule has 216 valence electrons. The number of anilines is 1. The summed E-state index contributed by atoms with van der Waals surface area (Å²) < 4.78 is 21.6. The summed E-state index contributed by atoms with van der Waals surface area (Å²) in [6.07, 6.45) is 6.63. The molecule has 0 N–H and O–H groups in total. The topological polar surface area (TPSA) is 38.3 Å². The van der Waals surface area contributed by atoms with E-state index in [2.05, 4.69) is 33.8 Å². The second-order valence-electron chi connectivity index (χ2n) is 10.4. The number of nitrogens with zero attached hydrogens (tertiary/aromatic N) is 3. The Morgan fingerprint density at radius 3 is 2.21 bits per heavy atom. The molecule has 0 spiro atoms. The summed E-state index contributed by atoms with van der Waals surface area (Å²) in [5.41, 5.74) is 2.84. The van der Waals surface area contributed by atoms with Crippen molar-refractivity contribution in [3.63, 3.8) is 0 Å². The molecule has 4 nitrogen and oxygen atoms in total. The lowest BCUT2D eigenvalue weighted by molar-refractivity contribution is 0.0246. The first-order chi connectivity index (χ1) is 18.2. The fourth-order valence-corrected chi connectivity index (χ4v) is 5.33. The number of rotatable bonds is 16. The molecular weight excluding hydrogens is 497 g/mol. The van der Waals surface area contributed by atoms with Gasteiger partial charge in [-0.2, -0.15) is 9.97 Å². The van der Waals surface area contributed by atoms with E-state index in [-0.39, 0.29) is 5.92 Å². The van der Waals surface area contributed by atoms with E-state index in [1.165, 1.54) is 5.56 Å². The maximum absolute atomic E-state index is 15.3. The van der Waals surface area contributed by atoms with Crippen LogP contribution in [-0.4, -0.2) is 36.8 Å². The second kappa shape index (κ2) is 17.7. The zero-order valence-corrected chi connectivity index (χ0v) is 26.3. The maximum Gasteiger partial charge on any atom is 0.318 e. The van der Waals surface area contributed by atoms with Gasteiger partial charge < -0.3 is 9.64 Å². The van der Waals surface area contributed by atoms with E-state index in [9.17, 15) is 0 Å². The summed E-state index contributed by atoms with van der Waals surface area (Å²) in [5.74, 6) is 1.09. The molecule has 1 aromatic carbocycles. The average Bonchev–Trinajstić information content (AvgIpc) is 2.92. The Labute approximate surface area is 237 Å². The smallest absolute Gasteiger partial charge is 0.318 e. The van der Waals surface area contributed by atoms with E-state index in [1.807, 2.05) is 58.0 Å². The molecule has 0 aliphatic carbocycles. The van der Waals surface area contributed by atoms with Crippen LogP contribution < -0.4 is 9.64 Å². The SMILES string of the molecule is CC.CCCc1c(C(C)CCc2ccccc2Cl)nc(OCC(CC)(CCC)C(F)CCC)nc1N(C)C. The number of ether oxygens (including phenoxy) is 1. The molecule has 0 saturated heterocycles. The predicted octanol–water partition coefficient (Wildman–Crippen LogP) is 9.62. The quantitative estimate of drug-likeness (QED) is 0.209. The number of alkyl halides is 1. The molecule has 0 fully saturated rings. The van der Waals surface area contributed by atoms with Gasteiger partial charge >= 0.3 is 6.01 Å². The Balaban J connectivity index is 0.00000352. The van der Waals surface area contributed by atoms with Crippen molar-refractivity contribution in [2.24, 2.45) is 5.41 Å². The van der Waals surface area contributed by atoms with Crippen molar-refractivity contribution in [2.75, 3.05) is 25.6 Å². The third-order valence-corrected chi connectivity index (χ3v) is 7.71. The molecular formula is C32H53ClFN3O. The Bertz CT molecular complexity index is 939. The molecule has 0 saturated carbocycles. The molecule has 0 aliphatic rings. The monoisotopic (exact) mass is 549 g/mol. The molecule has 3 atom stereocenters. The third kappa shape index (κ3) is 9.39. The minimum absolute atomic E-state index is 0.201. The lowest BCUT2D eigenvalue weighted by atomic mass is 9.76. The van der Waals surface area contributed by atoms with Crippen molar-refractivity contribution < 1.29 is 9.13 Å². The maximum atomic E-state index is 15.3. The summed E-state index contributed by atoms with van der Waals surface area (Å²) in [5, 5.41) is 0.804. The van der Waals surface area contributed by atoms with Crippen LogP contribution in [0, 0.1) is 5.41 Å². The molecule has 0 radical (unpaired) electrons. The average molecular weight is 550 g/mol. The van der Waals surface area contributed by atoms with Crippen LogP contribution in [0.5, 0.6) is 6.01 Å². The van der Waals surface area contributed by atoms with Crippen LogP contribution in [0.3, 0.4) is 0 Å². The molecule has 38 heavy (non-hydrogen) atoms. The van der Waals surface area contributed by atoms with Gasteiger partial charge in [0.1, 0.15) is 12.0 Å². The standard InChI is InChI=1S/C30H47ClFN3O.C2H6/c1-8-14-24-27(22(5)18-19-23-16-12-13-17-25(23)31)33-29(34-28(24)35(6)7)36-21-30(11-4,20-10-3)26(32)15-9-2;1-2/h12-13,16-17,22,26H,8-11,14-15,18-21H2,1-7H3;1-2H3. The van der Waals surface area contributed by atoms with E-state index in [0.717, 1.165) is 73.5 Å². The number of hydrogen-bond donors (Lipinski definition) is 0. The van der Waals surface area contributed by atoms with Crippen molar-refractivity contribution in [2.45, 2.75) is 118 Å². The van der Waals surface area contributed by atoms with Crippen LogP contribution in [0.25, 0.3) is 0 Å². The Hall–Kier alpha value is -1.88. The molecule has 1 heterocycles. The minimum atomic E-state index is -0.894. The summed E-state index contributed by atoms with van der Waals surface area (Å²) in [7, 11) is 4.02. The highest BCUT2D eigenvalue weighted by atomic mass is 35.5. The number of aryl methyl sites for hydroxylation is 1. The van der Waals surface area contributed by atoms with E-state index < -0.39 is 11.6 Å². The first-order valence-electron chi connectivity index (χ1n) is 14.8. The third-order valence-electron chi connectivity index (χ3n) is 7.34. The van der Waals surface area contributed by atoms with E-state index in [1.54, 1.807) is 0 Å². The van der Waals surface area contributed by atoms with E-state index >= 15 is 4.39 Å². The van der Waals surface area contributed by atoms with Crippen molar-refractivity contribution in [3.05, 3.63) is 46.1 Å². The van der Waals surface area contributed by atoms with Crippen LogP contribution in [0.15, 0.2) is 24.3 Å². The fraction of sp³-hybridized carbons (Fsp3) is 0.688. The Morgan fingerprint density at radius 1 is 0.974 bits per heavy atom. The van der Waals surface area contributed by atoms with Gasteiger partial charge in [0.15, 0.2) is 0 Å². The van der Waals surface area contributed by atoms with Crippen LogP contribution in [0.1, 0.15) is 116 Å². The number of hydrogen-bond acceptors (Lipinski definition) is 4. The zero-order valence-electron chi connectivity index (χ0n) is 25.5. The van der Waals surface area contributed by atoms with Crippen molar-refractivity contribution in [3.8, 4) is 6.01 Å². The normalized spacial score (nSPS) is 14.2. The van der Waals surface area contributed by atoms with Crippen LogP contribution >= 0.6 is 11.6 Å². The van der Waals surface area contributed by atoms with E-state index in [4.69, 9.17) is 26.3 Å². The number of benzene rings is 1. The van der Waals surface area contributed by atoms with E-state index in [0.29, 0.717) is 19.0 Å². The predicted molar refractivity (Wildman–Crippen MR) is 163 cm³/mol. The molecule has 0 amide bonds. The van der Waals surface area contributed by atoms with Gasteiger partial charge in [0, 0.05) is 30.1 Å². The minimum Gasteiger partial charge on any atom is -0.463 e. The van der Waals surface area contributed by atoms with Gasteiger partial charge in [-0.15, -0.1) is 0 Å². The van der Waals surface area contributed by atoms with Gasteiger partial charge in [0.2, 0.25) is 0 Å². The van der Waals surface area contributed by atoms with Gasteiger partial charge in [0.05, 0.1) is 12.3 Å². The highest BCUT2D eigenvalue weighted by Gasteiger charge is 2.38. The highest BCUT2D eigenvalue weighted by molar-refractivity contribution is 6.31. The summed E-state index contributed by atoms with van der Waals surface area (Å²) in [6.45, 7) is 14.9. The van der Waals surface area contributed by atoms with Gasteiger partial charge in [-0.25, -0.2) is 4.39 Å². The summed E-state index contributed by atoms with van der Waals surface area (Å²) in [4.78, 5) is 11.8. The number of halogens is 2. The first kappa shape index (κ1) is 34.1. The molecule has 6 heteroatoms. The fourth-order valence-electron chi connectivity index (χ4n) is 5.10. The molecule has 2 aromatic rings. The van der Waals surface area contributed by atoms with Crippen LogP contribution in [0.4, 0.5) is 10.2 Å². The Morgan fingerprint density at radius 2 is 1.66 bits per heavy atom. The molecule has 0 aliphatic heterocycles. The zero-order chi connectivity index (χ0) is 28.7. The molecule has 1 aromatic heterocycles. The van der Waals surface area contributed by atoms with Gasteiger partial charge in [-0.05, 0) is 56.1 Å². The van der Waals surface area contributed by atoms with Gasteiger partial charge in [-0.3, -0.25) is 0 Å².